The zero-order chi connectivity index (χ0) is 9.42. The first-order valence-corrected chi connectivity index (χ1v) is 5.15. The zero-order valence-corrected chi connectivity index (χ0v) is 8.25. The lowest BCUT2D eigenvalue weighted by Crippen LogP contribution is -1.89. The number of nitrogen functional groups attached to an aromatic ring is 1. The maximum Gasteiger partial charge on any atom is 0.128 e. The van der Waals surface area contributed by atoms with Gasteiger partial charge >= 0.3 is 0 Å². The van der Waals surface area contributed by atoms with E-state index in [0.717, 1.165) is 10.1 Å². The first kappa shape index (κ1) is 8.78. The van der Waals surface area contributed by atoms with Crippen LogP contribution in [0.2, 0.25) is 0 Å². The fourth-order valence-corrected chi connectivity index (χ4v) is 2.47. The standard InChI is InChI=1S/C9H7ClFNS/c10-3-5-6(11)1-2-8-9(5)7(12)4-13-8/h1-2,4H,3,12H2. The van der Waals surface area contributed by atoms with Gasteiger partial charge in [-0.05, 0) is 12.1 Å². The van der Waals surface area contributed by atoms with E-state index in [1.165, 1.54) is 17.4 Å². The number of alkyl halides is 1. The summed E-state index contributed by atoms with van der Waals surface area (Å²) in [4.78, 5) is 0. The minimum atomic E-state index is -0.285. The molecule has 1 aromatic heterocycles. The van der Waals surface area contributed by atoms with Crippen molar-refractivity contribution >= 4 is 38.7 Å². The highest BCUT2D eigenvalue weighted by atomic mass is 35.5. The fraction of sp³-hybridized carbons (Fsp3) is 0.111. The van der Waals surface area contributed by atoms with Crippen LogP contribution in [0.3, 0.4) is 0 Å². The molecule has 0 atom stereocenters. The Morgan fingerprint density at radius 2 is 2.23 bits per heavy atom. The van der Waals surface area contributed by atoms with Gasteiger partial charge < -0.3 is 5.73 Å². The second-order valence-corrected chi connectivity index (χ2v) is 3.90. The van der Waals surface area contributed by atoms with Crippen molar-refractivity contribution < 1.29 is 4.39 Å². The van der Waals surface area contributed by atoms with Crippen LogP contribution in [-0.4, -0.2) is 0 Å². The van der Waals surface area contributed by atoms with Crippen molar-refractivity contribution in [1.82, 2.24) is 0 Å². The number of thiophene rings is 1. The number of nitrogens with two attached hydrogens (primary N) is 1. The first-order chi connectivity index (χ1) is 6.24. The van der Waals surface area contributed by atoms with Gasteiger partial charge in [0.2, 0.25) is 0 Å². The Kier molecular flexibility index (Phi) is 2.14. The summed E-state index contributed by atoms with van der Waals surface area (Å²) in [6.07, 6.45) is 0. The largest absolute Gasteiger partial charge is 0.398 e. The van der Waals surface area contributed by atoms with Crippen molar-refractivity contribution in [2.24, 2.45) is 0 Å². The molecule has 0 bridgehead atoms. The molecule has 13 heavy (non-hydrogen) atoms. The molecular weight excluding hydrogens is 209 g/mol. The SMILES string of the molecule is Nc1csc2ccc(F)c(CCl)c12. The molecule has 1 nitrogen and oxygen atoms in total. The first-order valence-electron chi connectivity index (χ1n) is 3.74. The molecule has 2 rings (SSSR count). The summed E-state index contributed by atoms with van der Waals surface area (Å²) in [6.45, 7) is 0. The Bertz CT molecular complexity index is 452. The maximum absolute atomic E-state index is 13.2. The second-order valence-electron chi connectivity index (χ2n) is 2.72. The minimum absolute atomic E-state index is 0.157. The molecule has 0 saturated carbocycles. The molecule has 0 unspecified atom stereocenters. The molecular formula is C9H7ClFNS. The monoisotopic (exact) mass is 215 g/mol. The lowest BCUT2D eigenvalue weighted by Gasteiger charge is -2.01. The molecule has 0 aliphatic carbocycles. The summed E-state index contributed by atoms with van der Waals surface area (Å²) < 4.78 is 14.2. The van der Waals surface area contributed by atoms with Crippen molar-refractivity contribution in [2.75, 3.05) is 5.73 Å². The molecule has 2 N–H and O–H groups in total. The van der Waals surface area contributed by atoms with Crippen molar-refractivity contribution in [3.63, 3.8) is 0 Å². The highest BCUT2D eigenvalue weighted by molar-refractivity contribution is 7.17. The van der Waals surface area contributed by atoms with E-state index in [9.17, 15) is 4.39 Å². The number of hydrogen-bond donors (Lipinski definition) is 1. The number of hydrogen-bond acceptors (Lipinski definition) is 2. The van der Waals surface area contributed by atoms with Crippen molar-refractivity contribution in [3.8, 4) is 0 Å². The highest BCUT2D eigenvalue weighted by Gasteiger charge is 2.10. The van der Waals surface area contributed by atoms with E-state index in [1.807, 2.05) is 0 Å². The number of rotatable bonds is 1. The molecule has 0 aliphatic rings. The number of halogens is 2. The van der Waals surface area contributed by atoms with Gasteiger partial charge in [-0.15, -0.1) is 22.9 Å². The smallest absolute Gasteiger partial charge is 0.128 e. The summed E-state index contributed by atoms with van der Waals surface area (Å²) in [6, 6.07) is 3.15. The predicted molar refractivity (Wildman–Crippen MR) is 55.8 cm³/mol. The molecule has 0 fully saturated rings. The quantitative estimate of drug-likeness (QED) is 0.726. The molecule has 0 amide bonds. The van der Waals surface area contributed by atoms with E-state index in [-0.39, 0.29) is 11.7 Å². The minimum Gasteiger partial charge on any atom is -0.398 e. The van der Waals surface area contributed by atoms with Gasteiger partial charge in [-0.1, -0.05) is 0 Å². The van der Waals surface area contributed by atoms with E-state index < -0.39 is 0 Å². The van der Waals surface area contributed by atoms with Gasteiger partial charge in [0.1, 0.15) is 5.82 Å². The van der Waals surface area contributed by atoms with Crippen LogP contribution in [0, 0.1) is 5.82 Å². The molecule has 4 heteroatoms. The van der Waals surface area contributed by atoms with Crippen molar-refractivity contribution in [2.45, 2.75) is 5.88 Å². The highest BCUT2D eigenvalue weighted by Crippen LogP contribution is 2.33. The van der Waals surface area contributed by atoms with E-state index in [0.29, 0.717) is 11.3 Å². The van der Waals surface area contributed by atoms with Gasteiger partial charge in [0.15, 0.2) is 0 Å². The third-order valence-electron chi connectivity index (χ3n) is 1.95. The van der Waals surface area contributed by atoms with Crippen LogP contribution in [0.5, 0.6) is 0 Å². The van der Waals surface area contributed by atoms with E-state index >= 15 is 0 Å². The molecule has 1 aromatic carbocycles. The van der Waals surface area contributed by atoms with Gasteiger partial charge in [-0.3, -0.25) is 0 Å². The lowest BCUT2D eigenvalue weighted by atomic mass is 10.1. The van der Waals surface area contributed by atoms with E-state index in [4.69, 9.17) is 17.3 Å². The number of benzene rings is 1. The molecule has 0 aliphatic heterocycles. The third kappa shape index (κ3) is 1.28. The molecule has 0 radical (unpaired) electrons. The summed E-state index contributed by atoms with van der Waals surface area (Å²) in [5, 5.41) is 2.57. The Morgan fingerprint density at radius 1 is 1.46 bits per heavy atom. The average molecular weight is 216 g/mol. The number of fused-ring (bicyclic) bond motifs is 1. The Morgan fingerprint density at radius 3 is 2.92 bits per heavy atom. The molecule has 2 aromatic rings. The summed E-state index contributed by atoms with van der Waals surface area (Å²) >= 11 is 7.15. The normalized spacial score (nSPS) is 10.9. The average Bonchev–Trinajstić information content (AvgIpc) is 2.49. The summed E-state index contributed by atoms with van der Waals surface area (Å²) in [5.74, 6) is -0.128. The van der Waals surface area contributed by atoms with Crippen molar-refractivity contribution in [1.29, 1.82) is 0 Å². The van der Waals surface area contributed by atoms with Crippen LogP contribution in [0.1, 0.15) is 5.56 Å². The summed E-state index contributed by atoms with van der Waals surface area (Å²) in [5.41, 5.74) is 6.81. The fourth-order valence-electron chi connectivity index (χ4n) is 1.33. The molecule has 68 valence electrons. The maximum atomic E-state index is 13.2. The van der Waals surface area contributed by atoms with E-state index in [2.05, 4.69) is 0 Å². The lowest BCUT2D eigenvalue weighted by molar-refractivity contribution is 0.620. The molecule has 0 saturated heterocycles. The third-order valence-corrected chi connectivity index (χ3v) is 3.19. The van der Waals surface area contributed by atoms with Gasteiger partial charge in [0.25, 0.3) is 0 Å². The number of anilines is 1. The van der Waals surface area contributed by atoms with Crippen molar-refractivity contribution in [3.05, 3.63) is 28.9 Å². The van der Waals surface area contributed by atoms with E-state index in [1.54, 1.807) is 11.4 Å². The van der Waals surface area contributed by atoms with Gasteiger partial charge in [-0.2, -0.15) is 0 Å². The van der Waals surface area contributed by atoms with Gasteiger partial charge in [-0.25, -0.2) is 4.39 Å². The van der Waals surface area contributed by atoms with Crippen LogP contribution in [0.25, 0.3) is 10.1 Å². The summed E-state index contributed by atoms with van der Waals surface area (Å²) in [7, 11) is 0. The zero-order valence-electron chi connectivity index (χ0n) is 6.68. The van der Waals surface area contributed by atoms with Crippen LogP contribution >= 0.6 is 22.9 Å². The topological polar surface area (TPSA) is 26.0 Å². The second kappa shape index (κ2) is 3.16. The Hall–Kier alpha value is -0.800. The van der Waals surface area contributed by atoms with Gasteiger partial charge in [0, 0.05) is 21.0 Å². The Balaban J connectivity index is 2.88. The van der Waals surface area contributed by atoms with Crippen LogP contribution in [-0.2, 0) is 5.88 Å². The van der Waals surface area contributed by atoms with Crippen LogP contribution in [0.4, 0.5) is 10.1 Å². The van der Waals surface area contributed by atoms with Crippen LogP contribution < -0.4 is 5.73 Å². The predicted octanol–water partition coefficient (Wildman–Crippen LogP) is 3.36. The van der Waals surface area contributed by atoms with Gasteiger partial charge in [0.05, 0.1) is 11.6 Å². The molecule has 1 heterocycles. The van der Waals surface area contributed by atoms with Crippen LogP contribution in [0.15, 0.2) is 17.5 Å². The molecule has 0 spiro atoms. The Labute approximate surface area is 83.9 Å².